The van der Waals surface area contributed by atoms with E-state index in [4.69, 9.17) is 0 Å². The zero-order valence-corrected chi connectivity index (χ0v) is 43.3. The van der Waals surface area contributed by atoms with E-state index in [2.05, 4.69) is 0 Å². The number of rotatable bonds is 0. The van der Waals surface area contributed by atoms with Gasteiger partial charge >= 0.3 is 0 Å². The number of nitrogens with zero attached hydrogens (tertiary/aromatic N) is 11. The summed E-state index contributed by atoms with van der Waals surface area (Å²) in [4.78, 5) is 164. The van der Waals surface area contributed by atoms with Crippen LogP contribution < -0.4 is 0 Å². The Bertz CT molecular complexity index is 1330. The van der Waals surface area contributed by atoms with Crippen LogP contribution in [-0.2, 0) is 52.7 Å². The third-order valence-corrected chi connectivity index (χ3v) is 14.1. The van der Waals surface area contributed by atoms with E-state index in [1.54, 1.807) is 0 Å². The van der Waals surface area contributed by atoms with Crippen molar-refractivity contribution in [2.45, 2.75) is 143 Å². The maximum absolute atomic E-state index is 13.7. The highest BCUT2D eigenvalue weighted by molar-refractivity contribution is 5.99. The van der Waals surface area contributed by atoms with E-state index < -0.39 is 131 Å². The zero-order chi connectivity index (χ0) is 52.1. The first kappa shape index (κ1) is 58.2. The summed E-state index contributed by atoms with van der Waals surface area (Å²) in [7, 11) is 15.2. The highest BCUT2D eigenvalue weighted by Crippen LogP contribution is 2.18. The summed E-state index contributed by atoms with van der Waals surface area (Å²) in [5.74, 6) is -6.80. The van der Waals surface area contributed by atoms with Crippen LogP contribution in [0.5, 0.6) is 0 Å². The molecule has 0 aromatic carbocycles. The monoisotopic (exact) mass is 936 g/mol. The zero-order valence-electron chi connectivity index (χ0n) is 43.3. The molecule has 22 heteroatoms. The van der Waals surface area contributed by atoms with E-state index in [0.29, 0.717) is 0 Å². The van der Waals surface area contributed by atoms with Gasteiger partial charge in [0.05, 0.1) is 0 Å². The molecular weight excluding hydrogens is 859 g/mol. The lowest BCUT2D eigenvalue weighted by Gasteiger charge is -2.38. The quantitative estimate of drug-likeness (QED) is 0.267. The minimum Gasteiger partial charge on any atom is -0.332 e. The van der Waals surface area contributed by atoms with Crippen molar-refractivity contribution in [2.75, 3.05) is 77.5 Å². The molecule has 11 atom stereocenters. The summed E-state index contributed by atoms with van der Waals surface area (Å²) in [6, 6.07) is -12.3. The van der Waals surface area contributed by atoms with Gasteiger partial charge in [-0.3, -0.25) is 52.7 Å². The maximum atomic E-state index is 13.7. The van der Waals surface area contributed by atoms with Gasteiger partial charge in [-0.25, -0.2) is 0 Å². The van der Waals surface area contributed by atoms with E-state index in [1.165, 1.54) is 154 Å². The van der Waals surface area contributed by atoms with Gasteiger partial charge in [-0.05, 0) is 76.2 Å². The van der Waals surface area contributed by atoms with Crippen molar-refractivity contribution in [1.29, 1.82) is 0 Å². The van der Waals surface area contributed by atoms with Gasteiger partial charge in [0.2, 0.25) is 65.0 Å². The summed E-state index contributed by atoms with van der Waals surface area (Å²) in [5.41, 5.74) is 0. The Morgan fingerprint density at radius 3 is 0.258 bits per heavy atom. The molecule has 0 aliphatic carbocycles. The molecule has 0 radical (unpaired) electrons. The van der Waals surface area contributed by atoms with Crippen LogP contribution in [0, 0.1) is 0 Å². The third-order valence-electron chi connectivity index (χ3n) is 14.1. The van der Waals surface area contributed by atoms with Crippen molar-refractivity contribution in [1.82, 2.24) is 53.9 Å². The number of carbonyl (C=O) groups is 11. The van der Waals surface area contributed by atoms with Crippen LogP contribution >= 0.6 is 0 Å². The second-order valence-corrected chi connectivity index (χ2v) is 17.9. The molecule has 374 valence electrons. The fourth-order valence-electron chi connectivity index (χ4n) is 7.16. The van der Waals surface area contributed by atoms with Crippen molar-refractivity contribution in [2.24, 2.45) is 0 Å². The lowest BCUT2D eigenvalue weighted by molar-refractivity contribution is -0.155. The highest BCUT2D eigenvalue weighted by atomic mass is 16.2. The topological polar surface area (TPSA) is 223 Å². The minimum absolute atomic E-state index is 0.618. The van der Waals surface area contributed by atoms with Crippen LogP contribution in [0.2, 0.25) is 0 Å². The van der Waals surface area contributed by atoms with Crippen LogP contribution in [0.3, 0.4) is 0 Å². The molecule has 66 heavy (non-hydrogen) atoms. The second kappa shape index (κ2) is 23.1. The van der Waals surface area contributed by atoms with Crippen molar-refractivity contribution in [3.05, 3.63) is 0 Å². The second-order valence-electron chi connectivity index (χ2n) is 17.9. The van der Waals surface area contributed by atoms with Gasteiger partial charge in [0.1, 0.15) is 66.5 Å². The molecule has 1 rings (SSSR count). The smallest absolute Gasteiger partial charge is 0.245 e. The van der Waals surface area contributed by atoms with Gasteiger partial charge in [0.15, 0.2) is 0 Å². The standard InChI is InChI=1S/C44H77N11O11/c1-23-34(56)46(13)25(3)36(58)48(15)27(5)38(60)50(17)29(7)40(62)52(19)31(9)42(64)54(21)33(11)44(66)55(22)32(10)43(65)53(20)30(8)41(63)51(18)28(6)39(61)49(16)26(4)37(59)47(14)24(2)35(57)45(23)12/h23-33H,1-22H3/t23-,24-,25-,26-,27+,28+,29-,30?,31?,32?,33?/m0/s1. The summed E-state index contributed by atoms with van der Waals surface area (Å²) in [5, 5.41) is 0. The number of carbonyl (C=O) groups excluding carboxylic acids is 11. The first-order valence-electron chi connectivity index (χ1n) is 22.0. The number of hydrogen-bond acceptors (Lipinski definition) is 11. The molecule has 22 nitrogen and oxygen atoms in total. The van der Waals surface area contributed by atoms with Gasteiger partial charge in [0.25, 0.3) is 0 Å². The molecule has 0 bridgehead atoms. The van der Waals surface area contributed by atoms with Gasteiger partial charge in [-0.2, -0.15) is 0 Å². The van der Waals surface area contributed by atoms with Crippen LogP contribution in [0.15, 0.2) is 0 Å². The summed E-state index contributed by atoms with van der Waals surface area (Å²) in [6.45, 7) is 16.1. The molecule has 0 N–H and O–H groups in total. The lowest BCUT2D eigenvalue weighted by Crippen LogP contribution is -2.59. The Hall–Kier alpha value is -5.83. The van der Waals surface area contributed by atoms with Crippen LogP contribution in [0.1, 0.15) is 76.2 Å². The largest absolute Gasteiger partial charge is 0.332 e. The molecule has 0 spiro atoms. The Morgan fingerprint density at radius 1 is 0.167 bits per heavy atom. The van der Waals surface area contributed by atoms with Gasteiger partial charge < -0.3 is 53.9 Å². The fourth-order valence-corrected chi connectivity index (χ4v) is 7.16. The van der Waals surface area contributed by atoms with Crippen LogP contribution in [-0.4, -0.2) is 263 Å². The fraction of sp³-hybridized carbons (Fsp3) is 0.750. The molecule has 4 unspecified atom stereocenters. The van der Waals surface area contributed by atoms with E-state index in [0.717, 1.165) is 53.9 Å². The molecule has 0 aromatic rings. The lowest BCUT2D eigenvalue weighted by atomic mass is 10.1. The normalized spacial score (nSPS) is 31.3. The molecule has 0 saturated carbocycles. The molecular formula is C44H77N11O11. The molecule has 1 aliphatic heterocycles. The van der Waals surface area contributed by atoms with Crippen molar-refractivity contribution in [3.63, 3.8) is 0 Å². The van der Waals surface area contributed by atoms with Crippen molar-refractivity contribution >= 4 is 65.0 Å². The van der Waals surface area contributed by atoms with E-state index in [1.807, 2.05) is 0 Å². The van der Waals surface area contributed by atoms with Crippen molar-refractivity contribution in [3.8, 4) is 0 Å². The summed E-state index contributed by atoms with van der Waals surface area (Å²) in [6.07, 6.45) is 0. The molecule has 1 fully saturated rings. The summed E-state index contributed by atoms with van der Waals surface area (Å²) < 4.78 is 0. The number of amides is 11. The Labute approximate surface area is 391 Å². The molecule has 0 aromatic heterocycles. The SMILES string of the molecule is CC1C(=O)N(C)C(C)C(=O)N(C)[C@H](C)C(=O)N(C)[C@@H](C)C(=O)N(C)[C@@H](C)C(=O)N(C)[C@@H](C)C(=O)N(C)[C@@H](C)C(=O)N(C)[C@H](C)C(=O)N(C)[C@@H](C)C(=O)N(C)C(C)C(=O)N(C)C(C)C(=O)N1C. The van der Waals surface area contributed by atoms with Gasteiger partial charge in [-0.15, -0.1) is 0 Å². The average Bonchev–Trinajstić information content (AvgIpc) is 3.32. The molecule has 1 aliphatic rings. The number of hydrogen-bond donors (Lipinski definition) is 0. The Kier molecular flexibility index (Phi) is 20.3. The Morgan fingerprint density at radius 2 is 0.212 bits per heavy atom. The predicted octanol–water partition coefficient (Wildman–Crippen LogP) is -1.68. The molecule has 1 saturated heterocycles. The minimum atomic E-state index is -1.12. The third kappa shape index (κ3) is 11.9. The highest BCUT2D eigenvalue weighted by Gasteiger charge is 2.41. The van der Waals surface area contributed by atoms with Crippen molar-refractivity contribution < 1.29 is 52.7 Å². The van der Waals surface area contributed by atoms with E-state index in [-0.39, 0.29) is 0 Å². The first-order valence-corrected chi connectivity index (χ1v) is 22.0. The van der Waals surface area contributed by atoms with E-state index in [9.17, 15) is 52.7 Å². The maximum Gasteiger partial charge on any atom is 0.245 e. The van der Waals surface area contributed by atoms with Crippen LogP contribution in [0.4, 0.5) is 0 Å². The number of likely N-dealkylation sites (N-methyl/N-ethyl adjacent to an activating group) is 11. The van der Waals surface area contributed by atoms with E-state index >= 15 is 0 Å². The van der Waals surface area contributed by atoms with Gasteiger partial charge in [0, 0.05) is 77.5 Å². The van der Waals surface area contributed by atoms with Gasteiger partial charge in [-0.1, -0.05) is 0 Å². The predicted molar refractivity (Wildman–Crippen MR) is 245 cm³/mol. The average molecular weight is 936 g/mol. The van der Waals surface area contributed by atoms with Crippen LogP contribution in [0.25, 0.3) is 0 Å². The molecule has 1 heterocycles. The first-order chi connectivity index (χ1) is 30.1. The molecule has 11 amide bonds. The Balaban J connectivity index is 3.73. The summed E-state index contributed by atoms with van der Waals surface area (Å²) >= 11 is 0.